The van der Waals surface area contributed by atoms with E-state index in [1.54, 1.807) is 0 Å². The van der Waals surface area contributed by atoms with E-state index in [2.05, 4.69) is 71.2 Å². The van der Waals surface area contributed by atoms with Gasteiger partial charge in [0.25, 0.3) is 0 Å². The number of benzene rings is 2. The van der Waals surface area contributed by atoms with Gasteiger partial charge in [-0.15, -0.1) is 0 Å². The summed E-state index contributed by atoms with van der Waals surface area (Å²) in [6.45, 7) is 7.65. The number of hydrogen-bond acceptors (Lipinski definition) is 2. The lowest BCUT2D eigenvalue weighted by Crippen LogP contribution is -2.40. The molecule has 4 aromatic rings. The second-order valence-electron chi connectivity index (χ2n) is 8.76. The summed E-state index contributed by atoms with van der Waals surface area (Å²) in [6.07, 6.45) is 4.44. The summed E-state index contributed by atoms with van der Waals surface area (Å²) < 4.78 is 0. The van der Waals surface area contributed by atoms with Crippen LogP contribution in [0.15, 0.2) is 48.7 Å². The predicted octanol–water partition coefficient (Wildman–Crippen LogP) is 5.15. The first-order chi connectivity index (χ1) is 14.1. The molecule has 150 valence electrons. The largest absolute Gasteiger partial charge is 0.361 e. The molecular formula is C25H30N4. The molecule has 4 N–H and O–H groups in total. The molecule has 2 aromatic carbocycles. The van der Waals surface area contributed by atoms with Gasteiger partial charge >= 0.3 is 0 Å². The molecule has 1 saturated heterocycles. The number of hydrogen-bond donors (Lipinski definition) is 3. The molecule has 5 rings (SSSR count). The van der Waals surface area contributed by atoms with E-state index in [0.717, 1.165) is 19.6 Å². The Morgan fingerprint density at radius 3 is 2.66 bits per heavy atom. The first-order valence-corrected chi connectivity index (χ1v) is 10.8. The molecule has 1 atom stereocenters. The van der Waals surface area contributed by atoms with Crippen molar-refractivity contribution in [3.05, 3.63) is 59.8 Å². The molecule has 3 heterocycles. The van der Waals surface area contributed by atoms with Crippen molar-refractivity contribution in [2.75, 3.05) is 19.6 Å². The summed E-state index contributed by atoms with van der Waals surface area (Å²) in [5.41, 5.74) is 13.7. The quantitative estimate of drug-likeness (QED) is 0.454. The van der Waals surface area contributed by atoms with Crippen molar-refractivity contribution < 1.29 is 0 Å². The van der Waals surface area contributed by atoms with Crippen molar-refractivity contribution in [2.45, 2.75) is 38.6 Å². The van der Waals surface area contributed by atoms with Crippen LogP contribution in [0.5, 0.6) is 0 Å². The minimum atomic E-state index is 0.259. The third-order valence-corrected chi connectivity index (χ3v) is 6.53. The van der Waals surface area contributed by atoms with Gasteiger partial charge in [0.1, 0.15) is 0 Å². The summed E-state index contributed by atoms with van der Waals surface area (Å²) >= 11 is 0. The van der Waals surface area contributed by atoms with Gasteiger partial charge in [0, 0.05) is 46.3 Å². The van der Waals surface area contributed by atoms with Gasteiger partial charge in [0.05, 0.1) is 0 Å². The standard InChI is InChI=1S/C25H30N4/c1-16(26)15-29-11-8-18(9-12-29)19-3-6-24-22(14-19)17(2)25(28-24)21-4-5-23-20(13-21)7-10-27-23/h3-7,10,13-14,16,18,27-28H,8-9,11-12,15,26H2,1-2H3. The fourth-order valence-electron chi connectivity index (χ4n) is 4.95. The summed E-state index contributed by atoms with van der Waals surface area (Å²) in [7, 11) is 0. The number of aromatic amines is 2. The molecule has 4 heteroatoms. The second kappa shape index (κ2) is 7.36. The molecule has 0 bridgehead atoms. The Balaban J connectivity index is 1.43. The van der Waals surface area contributed by atoms with Gasteiger partial charge in [-0.1, -0.05) is 12.1 Å². The van der Waals surface area contributed by atoms with E-state index in [1.165, 1.54) is 57.0 Å². The van der Waals surface area contributed by atoms with Crippen LogP contribution in [0.3, 0.4) is 0 Å². The van der Waals surface area contributed by atoms with Crippen LogP contribution in [0, 0.1) is 6.92 Å². The van der Waals surface area contributed by atoms with Crippen LogP contribution in [0.4, 0.5) is 0 Å². The molecule has 29 heavy (non-hydrogen) atoms. The lowest BCUT2D eigenvalue weighted by molar-refractivity contribution is 0.204. The van der Waals surface area contributed by atoms with Crippen molar-refractivity contribution >= 4 is 21.8 Å². The van der Waals surface area contributed by atoms with Crippen LogP contribution in [0.25, 0.3) is 33.1 Å². The number of aryl methyl sites for hydroxylation is 1. The number of likely N-dealkylation sites (tertiary alicyclic amines) is 1. The maximum atomic E-state index is 5.98. The van der Waals surface area contributed by atoms with Gasteiger partial charge in [-0.2, -0.15) is 0 Å². The number of fused-ring (bicyclic) bond motifs is 2. The highest BCUT2D eigenvalue weighted by Crippen LogP contribution is 2.35. The number of nitrogens with one attached hydrogen (secondary N) is 2. The smallest absolute Gasteiger partial charge is 0.0494 e. The van der Waals surface area contributed by atoms with Crippen molar-refractivity contribution in [2.24, 2.45) is 5.73 Å². The third kappa shape index (κ3) is 3.47. The average Bonchev–Trinajstić information content (AvgIpc) is 3.32. The lowest BCUT2D eigenvalue weighted by atomic mass is 9.88. The van der Waals surface area contributed by atoms with E-state index < -0.39 is 0 Å². The van der Waals surface area contributed by atoms with Crippen molar-refractivity contribution in [1.82, 2.24) is 14.9 Å². The van der Waals surface area contributed by atoms with Crippen molar-refractivity contribution in [3.8, 4) is 11.3 Å². The van der Waals surface area contributed by atoms with E-state index in [1.807, 2.05) is 6.20 Å². The average molecular weight is 387 g/mol. The van der Waals surface area contributed by atoms with Gasteiger partial charge in [-0.05, 0) is 92.7 Å². The fraction of sp³-hybridized carbons (Fsp3) is 0.360. The first-order valence-electron chi connectivity index (χ1n) is 10.8. The molecule has 0 amide bonds. The van der Waals surface area contributed by atoms with E-state index in [0.29, 0.717) is 5.92 Å². The molecule has 0 aliphatic carbocycles. The van der Waals surface area contributed by atoms with Gasteiger partial charge in [0.2, 0.25) is 0 Å². The zero-order valence-electron chi connectivity index (χ0n) is 17.3. The zero-order chi connectivity index (χ0) is 20.0. The summed E-state index contributed by atoms with van der Waals surface area (Å²) in [4.78, 5) is 9.45. The molecule has 1 aliphatic rings. The van der Waals surface area contributed by atoms with Gasteiger partial charge in [-0.25, -0.2) is 0 Å². The number of piperidine rings is 1. The predicted molar refractivity (Wildman–Crippen MR) is 122 cm³/mol. The Kier molecular flexibility index (Phi) is 4.69. The minimum Gasteiger partial charge on any atom is -0.361 e. The first kappa shape index (κ1) is 18.5. The molecule has 2 aromatic heterocycles. The summed E-state index contributed by atoms with van der Waals surface area (Å²) in [5, 5.41) is 2.60. The number of nitrogens with zero attached hydrogens (tertiary/aromatic N) is 1. The minimum absolute atomic E-state index is 0.259. The maximum Gasteiger partial charge on any atom is 0.0494 e. The van der Waals surface area contributed by atoms with E-state index in [4.69, 9.17) is 5.73 Å². The number of rotatable bonds is 4. The number of H-pyrrole nitrogens is 2. The van der Waals surface area contributed by atoms with Crippen LogP contribution >= 0.6 is 0 Å². The van der Waals surface area contributed by atoms with Crippen molar-refractivity contribution in [1.29, 1.82) is 0 Å². The maximum absolute atomic E-state index is 5.98. The van der Waals surface area contributed by atoms with Gasteiger partial charge < -0.3 is 20.6 Å². The summed E-state index contributed by atoms with van der Waals surface area (Å²) in [6, 6.07) is 16.0. The lowest BCUT2D eigenvalue weighted by Gasteiger charge is -2.33. The molecule has 4 nitrogen and oxygen atoms in total. The molecule has 1 aliphatic heterocycles. The van der Waals surface area contributed by atoms with Gasteiger partial charge in [-0.3, -0.25) is 0 Å². The molecular weight excluding hydrogens is 356 g/mol. The Labute approximate surface area is 172 Å². The number of nitrogens with two attached hydrogens (primary N) is 1. The molecule has 1 unspecified atom stereocenters. The third-order valence-electron chi connectivity index (χ3n) is 6.53. The van der Waals surface area contributed by atoms with Crippen LogP contribution < -0.4 is 5.73 Å². The SMILES string of the molecule is Cc1c(-c2ccc3[nH]ccc3c2)[nH]c2ccc(C3CCN(CC(C)N)CC3)cc12. The normalized spacial score (nSPS) is 17.3. The molecule has 0 radical (unpaired) electrons. The zero-order valence-corrected chi connectivity index (χ0v) is 17.3. The molecule has 0 saturated carbocycles. The van der Waals surface area contributed by atoms with Gasteiger partial charge in [0.15, 0.2) is 0 Å². The van der Waals surface area contributed by atoms with E-state index in [-0.39, 0.29) is 6.04 Å². The Bertz CT molecular complexity index is 1140. The van der Waals surface area contributed by atoms with Crippen LogP contribution in [0.1, 0.15) is 36.8 Å². The Morgan fingerprint density at radius 1 is 1.07 bits per heavy atom. The highest BCUT2D eigenvalue weighted by Gasteiger charge is 2.22. The van der Waals surface area contributed by atoms with Crippen LogP contribution in [-0.4, -0.2) is 40.5 Å². The highest BCUT2D eigenvalue weighted by atomic mass is 15.1. The van der Waals surface area contributed by atoms with Crippen LogP contribution in [-0.2, 0) is 0 Å². The summed E-state index contributed by atoms with van der Waals surface area (Å²) in [5.74, 6) is 0.651. The molecule has 1 fully saturated rings. The van der Waals surface area contributed by atoms with E-state index >= 15 is 0 Å². The Morgan fingerprint density at radius 2 is 1.86 bits per heavy atom. The monoisotopic (exact) mass is 386 g/mol. The molecule has 0 spiro atoms. The van der Waals surface area contributed by atoms with Crippen molar-refractivity contribution in [3.63, 3.8) is 0 Å². The van der Waals surface area contributed by atoms with Crippen LogP contribution in [0.2, 0.25) is 0 Å². The number of aromatic nitrogens is 2. The second-order valence-corrected chi connectivity index (χ2v) is 8.76. The van der Waals surface area contributed by atoms with E-state index in [9.17, 15) is 0 Å². The Hall–Kier alpha value is -2.56. The highest BCUT2D eigenvalue weighted by molar-refractivity contribution is 5.93. The fourth-order valence-corrected chi connectivity index (χ4v) is 4.95. The topological polar surface area (TPSA) is 60.8 Å².